The monoisotopic (exact) mass is 419 g/mol. The molecule has 0 saturated heterocycles. The van der Waals surface area contributed by atoms with Gasteiger partial charge in [0.25, 0.3) is 0 Å². The number of nitrogens with one attached hydrogen (secondary N) is 1. The Bertz CT molecular complexity index is 1080. The largest absolute Gasteiger partial charge is 0.411 e. The van der Waals surface area contributed by atoms with E-state index in [4.69, 9.17) is 4.74 Å². The number of carbonyl (C=O) groups excluding carboxylic acids is 1. The average Bonchev–Trinajstić information content (AvgIpc) is 3.33. The Morgan fingerprint density at radius 2 is 2.13 bits per heavy atom. The predicted octanol–water partition coefficient (Wildman–Crippen LogP) is 3.00. The standard InChI is InChI=1S/C20H20F3N5O2/c1-13-6-14(7-25-17(13)10-30-11-20(21,22)23)8-28-9-15-16(27-28)2-5-24-18(15)19(3-4-19)26-12-29/h2,5-7,9,12H,3-4,8,10-11H2,1H3,(H,26,29). The van der Waals surface area contributed by atoms with Crippen molar-refractivity contribution in [2.45, 2.75) is 44.6 Å². The zero-order chi connectivity index (χ0) is 21.4. The van der Waals surface area contributed by atoms with Gasteiger partial charge in [-0.25, -0.2) is 0 Å². The molecule has 30 heavy (non-hydrogen) atoms. The third-order valence-corrected chi connectivity index (χ3v) is 5.11. The van der Waals surface area contributed by atoms with E-state index in [9.17, 15) is 18.0 Å². The molecule has 3 aromatic heterocycles. The first-order valence-corrected chi connectivity index (χ1v) is 9.42. The molecule has 0 aliphatic heterocycles. The van der Waals surface area contributed by atoms with Crippen LogP contribution < -0.4 is 5.32 Å². The second-order valence-electron chi connectivity index (χ2n) is 7.48. The van der Waals surface area contributed by atoms with E-state index in [1.165, 1.54) is 0 Å². The van der Waals surface area contributed by atoms with Gasteiger partial charge in [0, 0.05) is 24.0 Å². The van der Waals surface area contributed by atoms with Crippen molar-refractivity contribution in [1.29, 1.82) is 0 Å². The molecular weight excluding hydrogens is 399 g/mol. The van der Waals surface area contributed by atoms with Crippen molar-refractivity contribution in [2.75, 3.05) is 6.61 Å². The lowest BCUT2D eigenvalue weighted by molar-refractivity contribution is -0.176. The number of amides is 1. The number of nitrogens with zero attached hydrogens (tertiary/aromatic N) is 4. The van der Waals surface area contributed by atoms with Gasteiger partial charge in [-0.15, -0.1) is 0 Å². The molecule has 7 nitrogen and oxygen atoms in total. The van der Waals surface area contributed by atoms with Crippen LogP contribution in [0, 0.1) is 6.92 Å². The van der Waals surface area contributed by atoms with Crippen LogP contribution in [0.5, 0.6) is 0 Å². The van der Waals surface area contributed by atoms with Gasteiger partial charge in [-0.3, -0.25) is 19.4 Å². The predicted molar refractivity (Wildman–Crippen MR) is 101 cm³/mol. The van der Waals surface area contributed by atoms with Gasteiger partial charge in [-0.05, 0) is 37.0 Å². The maximum absolute atomic E-state index is 12.2. The first-order valence-electron chi connectivity index (χ1n) is 9.42. The normalized spacial score (nSPS) is 15.3. The van der Waals surface area contributed by atoms with E-state index in [0.29, 0.717) is 18.6 Å². The van der Waals surface area contributed by atoms with Crippen molar-refractivity contribution in [3.63, 3.8) is 0 Å². The smallest absolute Gasteiger partial charge is 0.366 e. The minimum atomic E-state index is -4.36. The molecule has 1 saturated carbocycles. The van der Waals surface area contributed by atoms with Gasteiger partial charge in [-0.2, -0.15) is 18.3 Å². The van der Waals surface area contributed by atoms with Gasteiger partial charge in [0.15, 0.2) is 0 Å². The van der Waals surface area contributed by atoms with Gasteiger partial charge in [0.2, 0.25) is 6.41 Å². The Kier molecular flexibility index (Phi) is 5.19. The summed E-state index contributed by atoms with van der Waals surface area (Å²) in [6.45, 7) is 0.733. The van der Waals surface area contributed by atoms with E-state index in [0.717, 1.165) is 40.6 Å². The average molecular weight is 419 g/mol. The van der Waals surface area contributed by atoms with E-state index in [1.807, 2.05) is 18.3 Å². The van der Waals surface area contributed by atoms with Crippen LogP contribution >= 0.6 is 0 Å². The maximum atomic E-state index is 12.2. The fraction of sp³-hybridized carbons (Fsp3) is 0.400. The van der Waals surface area contributed by atoms with Crippen LogP contribution in [0.15, 0.2) is 30.7 Å². The number of aryl methyl sites for hydroxylation is 1. The minimum Gasteiger partial charge on any atom is -0.366 e. The van der Waals surface area contributed by atoms with Crippen LogP contribution in [0.1, 0.15) is 35.4 Å². The van der Waals surface area contributed by atoms with E-state index in [2.05, 4.69) is 20.4 Å². The molecule has 4 rings (SSSR count). The molecule has 0 radical (unpaired) electrons. The molecule has 1 amide bonds. The molecule has 158 valence electrons. The number of ether oxygens (including phenoxy) is 1. The summed E-state index contributed by atoms with van der Waals surface area (Å²) in [6.07, 6.45) is 3.20. The quantitative estimate of drug-likeness (QED) is 0.568. The second kappa shape index (κ2) is 7.67. The number of halogens is 3. The molecular formula is C20H20F3N5O2. The van der Waals surface area contributed by atoms with E-state index >= 15 is 0 Å². The molecule has 10 heteroatoms. The molecule has 3 aromatic rings. The summed E-state index contributed by atoms with van der Waals surface area (Å²) >= 11 is 0. The third-order valence-electron chi connectivity index (χ3n) is 5.11. The number of hydrogen-bond donors (Lipinski definition) is 1. The highest BCUT2D eigenvalue weighted by Gasteiger charge is 2.46. The number of carbonyl (C=O) groups is 1. The summed E-state index contributed by atoms with van der Waals surface area (Å²) < 4.78 is 43.1. The molecule has 1 N–H and O–H groups in total. The number of aromatic nitrogens is 4. The van der Waals surface area contributed by atoms with Crippen molar-refractivity contribution in [1.82, 2.24) is 25.1 Å². The number of pyridine rings is 2. The Morgan fingerprint density at radius 1 is 1.33 bits per heavy atom. The van der Waals surface area contributed by atoms with Gasteiger partial charge in [-0.1, -0.05) is 6.07 Å². The highest BCUT2D eigenvalue weighted by Crippen LogP contribution is 2.46. The van der Waals surface area contributed by atoms with E-state index < -0.39 is 18.3 Å². The lowest BCUT2D eigenvalue weighted by atomic mass is 10.1. The van der Waals surface area contributed by atoms with Crippen molar-refractivity contribution >= 4 is 17.3 Å². The lowest BCUT2D eigenvalue weighted by Gasteiger charge is -2.13. The molecule has 0 spiro atoms. The number of hydrogen-bond acceptors (Lipinski definition) is 5. The summed E-state index contributed by atoms with van der Waals surface area (Å²) in [5, 5.41) is 8.33. The molecule has 1 aliphatic carbocycles. The van der Waals surface area contributed by atoms with E-state index in [-0.39, 0.29) is 6.61 Å². The third kappa shape index (κ3) is 4.28. The Labute approximate surface area is 170 Å². The van der Waals surface area contributed by atoms with Crippen molar-refractivity contribution in [3.8, 4) is 0 Å². The zero-order valence-electron chi connectivity index (χ0n) is 16.2. The highest BCUT2D eigenvalue weighted by atomic mass is 19.4. The molecule has 1 fully saturated rings. The Morgan fingerprint density at radius 3 is 2.80 bits per heavy atom. The number of fused-ring (bicyclic) bond motifs is 1. The van der Waals surface area contributed by atoms with Crippen molar-refractivity contribution in [2.24, 2.45) is 0 Å². The highest BCUT2D eigenvalue weighted by molar-refractivity contribution is 5.82. The minimum absolute atomic E-state index is 0.196. The fourth-order valence-electron chi connectivity index (χ4n) is 3.49. The van der Waals surface area contributed by atoms with Crippen molar-refractivity contribution in [3.05, 3.63) is 53.2 Å². The van der Waals surface area contributed by atoms with Gasteiger partial charge in [0.1, 0.15) is 6.61 Å². The molecule has 0 atom stereocenters. The summed E-state index contributed by atoms with van der Waals surface area (Å²) in [5.41, 5.74) is 3.26. The Balaban J connectivity index is 1.51. The SMILES string of the molecule is Cc1cc(Cn2cc3c(C4(NC=O)CC4)nccc3n2)cnc1COCC(F)(F)F. The molecule has 0 unspecified atom stereocenters. The Hall–Kier alpha value is -3.01. The van der Waals surface area contributed by atoms with Gasteiger partial charge < -0.3 is 10.1 Å². The fourth-order valence-corrected chi connectivity index (χ4v) is 3.49. The van der Waals surface area contributed by atoms with Crippen LogP contribution in [-0.2, 0) is 28.2 Å². The number of rotatable bonds is 8. The molecule has 1 aliphatic rings. The first-order chi connectivity index (χ1) is 14.3. The lowest BCUT2D eigenvalue weighted by Crippen LogP contribution is -2.28. The summed E-state index contributed by atoms with van der Waals surface area (Å²) in [7, 11) is 0. The van der Waals surface area contributed by atoms with Gasteiger partial charge in [0.05, 0.1) is 35.6 Å². The molecule has 3 heterocycles. The zero-order valence-corrected chi connectivity index (χ0v) is 16.2. The second-order valence-corrected chi connectivity index (χ2v) is 7.48. The van der Waals surface area contributed by atoms with Crippen LogP contribution in [0.25, 0.3) is 10.9 Å². The molecule has 0 aromatic carbocycles. The van der Waals surface area contributed by atoms with Crippen LogP contribution in [0.2, 0.25) is 0 Å². The molecule has 0 bridgehead atoms. The topological polar surface area (TPSA) is 81.9 Å². The number of alkyl halides is 3. The van der Waals surface area contributed by atoms with Crippen LogP contribution in [0.3, 0.4) is 0 Å². The summed E-state index contributed by atoms with van der Waals surface area (Å²) in [4.78, 5) is 19.7. The van der Waals surface area contributed by atoms with Crippen LogP contribution in [-0.4, -0.2) is 38.9 Å². The first kappa shape index (κ1) is 20.3. The summed E-state index contributed by atoms with van der Waals surface area (Å²) in [5.74, 6) is 0. The van der Waals surface area contributed by atoms with Crippen molar-refractivity contribution < 1.29 is 22.7 Å². The van der Waals surface area contributed by atoms with Crippen LogP contribution in [0.4, 0.5) is 13.2 Å². The maximum Gasteiger partial charge on any atom is 0.411 e. The van der Waals surface area contributed by atoms with E-state index in [1.54, 1.807) is 24.0 Å². The van der Waals surface area contributed by atoms with Gasteiger partial charge >= 0.3 is 6.18 Å². The summed E-state index contributed by atoms with van der Waals surface area (Å²) in [6, 6.07) is 3.68.